The Kier molecular flexibility index (Phi) is 6.65. The summed E-state index contributed by atoms with van der Waals surface area (Å²) in [5.74, 6) is -0.336. The molecule has 2 amide bonds. The molecule has 0 unspecified atom stereocenters. The fourth-order valence-corrected chi connectivity index (χ4v) is 3.58. The Hall–Kier alpha value is -3.72. The molecule has 9 heteroatoms. The second-order valence-corrected chi connectivity index (χ2v) is 9.12. The highest BCUT2D eigenvalue weighted by Crippen LogP contribution is 2.25. The van der Waals surface area contributed by atoms with Crippen LogP contribution in [0.2, 0.25) is 0 Å². The fourth-order valence-electron chi connectivity index (χ4n) is 3.58. The summed E-state index contributed by atoms with van der Waals surface area (Å²) in [6.07, 6.45) is -0.609. The van der Waals surface area contributed by atoms with Crippen molar-refractivity contribution in [1.29, 1.82) is 0 Å². The van der Waals surface area contributed by atoms with E-state index >= 15 is 0 Å². The van der Waals surface area contributed by atoms with E-state index in [0.29, 0.717) is 31.1 Å². The third-order valence-electron chi connectivity index (χ3n) is 5.24. The van der Waals surface area contributed by atoms with E-state index in [1.807, 2.05) is 63.2 Å². The Morgan fingerprint density at radius 3 is 2.44 bits per heavy atom. The van der Waals surface area contributed by atoms with Crippen molar-refractivity contribution >= 4 is 17.7 Å². The Balaban J connectivity index is 1.40. The van der Waals surface area contributed by atoms with E-state index in [2.05, 4.69) is 15.5 Å². The number of carbonyl (C=O) groups is 2. The predicted molar refractivity (Wildman–Crippen MR) is 127 cm³/mol. The van der Waals surface area contributed by atoms with Gasteiger partial charge in [0.15, 0.2) is 5.69 Å². The van der Waals surface area contributed by atoms with Crippen molar-refractivity contribution < 1.29 is 19.1 Å². The summed E-state index contributed by atoms with van der Waals surface area (Å²) in [4.78, 5) is 28.3. The fraction of sp³-hybridized carbons (Fsp3) is 0.360. The monoisotopic (exact) mass is 463 g/mol. The lowest BCUT2D eigenvalue weighted by molar-refractivity contribution is -0.0432. The molecule has 4 rings (SSSR count). The molecule has 1 aromatic heterocycles. The molecule has 1 aliphatic heterocycles. The topological polar surface area (TPSA) is 98.6 Å². The van der Waals surface area contributed by atoms with E-state index < -0.39 is 5.60 Å². The number of amides is 2. The average Bonchev–Trinajstić information content (AvgIpc) is 3.21. The van der Waals surface area contributed by atoms with Gasteiger partial charge in [0.1, 0.15) is 11.7 Å². The van der Waals surface area contributed by atoms with Crippen molar-refractivity contribution in [3.63, 3.8) is 0 Å². The Morgan fingerprint density at radius 1 is 1.06 bits per heavy atom. The number of nitrogens with zero attached hydrogens (tertiary/aromatic N) is 4. The minimum atomic E-state index is -0.546. The number of hydrogen-bond donors (Lipinski definition) is 1. The number of carbonyl (C=O) groups excluding carboxylic acids is 2. The third-order valence-corrected chi connectivity index (χ3v) is 5.24. The van der Waals surface area contributed by atoms with Gasteiger partial charge in [-0.3, -0.25) is 4.79 Å². The van der Waals surface area contributed by atoms with Crippen LogP contribution in [0.5, 0.6) is 0 Å². The molecule has 178 valence electrons. The molecule has 0 spiro atoms. The maximum Gasteiger partial charge on any atom is 0.410 e. The molecule has 1 N–H and O–H groups in total. The van der Waals surface area contributed by atoms with Crippen LogP contribution in [0, 0.1) is 6.92 Å². The van der Waals surface area contributed by atoms with Crippen LogP contribution in [0.1, 0.15) is 48.6 Å². The molecule has 1 fully saturated rings. The van der Waals surface area contributed by atoms with E-state index in [0.717, 1.165) is 11.3 Å². The number of rotatable bonds is 4. The van der Waals surface area contributed by atoms with E-state index in [-0.39, 0.29) is 23.8 Å². The molecule has 0 saturated carbocycles. The van der Waals surface area contributed by atoms with Gasteiger partial charge in [-0.2, -0.15) is 9.90 Å². The van der Waals surface area contributed by atoms with Gasteiger partial charge in [0.25, 0.3) is 5.91 Å². The molecule has 0 aliphatic carbocycles. The Labute approximate surface area is 198 Å². The minimum absolute atomic E-state index is 0.261. The number of benzene rings is 2. The average molecular weight is 464 g/mol. The molecule has 2 heterocycles. The van der Waals surface area contributed by atoms with Gasteiger partial charge in [0, 0.05) is 12.2 Å². The second kappa shape index (κ2) is 9.64. The predicted octanol–water partition coefficient (Wildman–Crippen LogP) is 4.14. The SMILES string of the molecule is Cc1nn(-c2ccccc2)nc1C(=O)Nc1ccc([C@H]2CN(C(=O)OC(C)(C)C)CCO2)cc1. The molecule has 0 radical (unpaired) electrons. The van der Waals surface area contributed by atoms with Crippen molar-refractivity contribution in [2.75, 3.05) is 25.0 Å². The first-order valence-corrected chi connectivity index (χ1v) is 11.2. The summed E-state index contributed by atoms with van der Waals surface area (Å²) in [7, 11) is 0. The number of ether oxygens (including phenoxy) is 2. The number of aryl methyl sites for hydroxylation is 1. The van der Waals surface area contributed by atoms with Gasteiger partial charge in [-0.1, -0.05) is 30.3 Å². The highest BCUT2D eigenvalue weighted by Gasteiger charge is 2.29. The van der Waals surface area contributed by atoms with Crippen LogP contribution in [0.15, 0.2) is 54.6 Å². The van der Waals surface area contributed by atoms with Crippen LogP contribution in [0.25, 0.3) is 5.69 Å². The molecular formula is C25H29N5O4. The summed E-state index contributed by atoms with van der Waals surface area (Å²) in [6, 6.07) is 16.8. The standard InChI is InChI=1S/C25H29N5O4/c1-17-22(28-30(27-17)20-8-6-5-7-9-20)23(31)26-19-12-10-18(11-13-19)21-16-29(14-15-33-21)24(32)34-25(2,3)4/h5-13,21H,14-16H2,1-4H3,(H,26,31)/t21-/m1/s1. The van der Waals surface area contributed by atoms with Gasteiger partial charge in [-0.05, 0) is 57.5 Å². The zero-order chi connectivity index (χ0) is 24.3. The first-order chi connectivity index (χ1) is 16.2. The van der Waals surface area contributed by atoms with Crippen molar-refractivity contribution in [2.24, 2.45) is 0 Å². The highest BCUT2D eigenvalue weighted by molar-refractivity contribution is 6.03. The number of morpholine rings is 1. The van der Waals surface area contributed by atoms with Crippen LogP contribution in [0.3, 0.4) is 0 Å². The second-order valence-electron chi connectivity index (χ2n) is 9.12. The van der Waals surface area contributed by atoms with Gasteiger partial charge in [0.05, 0.1) is 24.5 Å². The van der Waals surface area contributed by atoms with Gasteiger partial charge >= 0.3 is 6.09 Å². The van der Waals surface area contributed by atoms with Gasteiger partial charge < -0.3 is 19.7 Å². The van der Waals surface area contributed by atoms with E-state index in [1.165, 1.54) is 4.80 Å². The molecule has 2 aromatic carbocycles. The zero-order valence-electron chi connectivity index (χ0n) is 19.8. The summed E-state index contributed by atoms with van der Waals surface area (Å²) in [5, 5.41) is 11.6. The number of nitrogens with one attached hydrogen (secondary N) is 1. The first-order valence-electron chi connectivity index (χ1n) is 11.2. The number of para-hydroxylation sites is 1. The van der Waals surface area contributed by atoms with Gasteiger partial charge in [-0.15, -0.1) is 5.10 Å². The maximum atomic E-state index is 12.8. The van der Waals surface area contributed by atoms with E-state index in [9.17, 15) is 9.59 Å². The maximum absolute atomic E-state index is 12.8. The molecule has 1 aliphatic rings. The summed E-state index contributed by atoms with van der Waals surface area (Å²) >= 11 is 0. The molecule has 34 heavy (non-hydrogen) atoms. The minimum Gasteiger partial charge on any atom is -0.444 e. The normalized spacial score (nSPS) is 16.2. The van der Waals surface area contributed by atoms with Crippen LogP contribution >= 0.6 is 0 Å². The first kappa shape index (κ1) is 23.4. The van der Waals surface area contributed by atoms with Crippen molar-refractivity contribution in [3.05, 3.63) is 71.5 Å². The lowest BCUT2D eigenvalue weighted by Gasteiger charge is -2.34. The quantitative estimate of drug-likeness (QED) is 0.625. The van der Waals surface area contributed by atoms with Crippen molar-refractivity contribution in [2.45, 2.75) is 39.4 Å². The van der Waals surface area contributed by atoms with Crippen LogP contribution < -0.4 is 5.32 Å². The molecule has 0 bridgehead atoms. The number of aromatic nitrogens is 3. The largest absolute Gasteiger partial charge is 0.444 e. The highest BCUT2D eigenvalue weighted by atomic mass is 16.6. The lowest BCUT2D eigenvalue weighted by atomic mass is 10.1. The van der Waals surface area contributed by atoms with E-state index in [1.54, 1.807) is 24.0 Å². The van der Waals surface area contributed by atoms with E-state index in [4.69, 9.17) is 9.47 Å². The molecule has 1 atom stereocenters. The smallest absolute Gasteiger partial charge is 0.410 e. The zero-order valence-corrected chi connectivity index (χ0v) is 19.8. The molecular weight excluding hydrogens is 434 g/mol. The van der Waals surface area contributed by atoms with Crippen LogP contribution in [-0.2, 0) is 9.47 Å². The summed E-state index contributed by atoms with van der Waals surface area (Å²) in [6.45, 7) is 8.61. The van der Waals surface area contributed by atoms with Crippen LogP contribution in [0.4, 0.5) is 10.5 Å². The van der Waals surface area contributed by atoms with Gasteiger partial charge in [0.2, 0.25) is 0 Å². The number of anilines is 1. The summed E-state index contributed by atoms with van der Waals surface area (Å²) in [5.41, 5.74) is 2.57. The Morgan fingerprint density at radius 2 is 1.76 bits per heavy atom. The molecule has 1 saturated heterocycles. The molecule has 3 aromatic rings. The van der Waals surface area contributed by atoms with Crippen LogP contribution in [-0.4, -0.2) is 57.2 Å². The molecule has 9 nitrogen and oxygen atoms in total. The number of hydrogen-bond acceptors (Lipinski definition) is 6. The lowest BCUT2D eigenvalue weighted by Crippen LogP contribution is -2.44. The third kappa shape index (κ3) is 5.60. The van der Waals surface area contributed by atoms with Gasteiger partial charge in [-0.25, -0.2) is 4.79 Å². The summed E-state index contributed by atoms with van der Waals surface area (Å²) < 4.78 is 11.3. The van der Waals surface area contributed by atoms with Crippen molar-refractivity contribution in [3.8, 4) is 5.69 Å². The van der Waals surface area contributed by atoms with Crippen molar-refractivity contribution in [1.82, 2.24) is 19.9 Å². The Bertz CT molecular complexity index is 1150.